The Morgan fingerprint density at radius 1 is 1.10 bits per heavy atom. The molecule has 0 N–H and O–H groups in total. The normalized spacial score (nSPS) is 10.6. The maximum absolute atomic E-state index is 13.5. The topological polar surface area (TPSA) is 34.9 Å². The Labute approximate surface area is 125 Å². The average Bonchev–Trinajstić information content (AvgIpc) is 2.99. The molecule has 3 rings (SSSR count). The fraction of sp³-hybridized carbons (Fsp3) is 0. The van der Waals surface area contributed by atoms with E-state index >= 15 is 0 Å². The summed E-state index contributed by atoms with van der Waals surface area (Å²) < 4.78 is 15.0. The molecule has 0 spiro atoms. The van der Waals surface area contributed by atoms with E-state index in [1.807, 2.05) is 30.3 Å². The molecule has 0 amide bonds. The Kier molecular flexibility index (Phi) is 3.54. The monoisotopic (exact) mass is 300 g/mol. The first-order valence-electron chi connectivity index (χ1n) is 6.26. The van der Waals surface area contributed by atoms with Crippen molar-refractivity contribution in [3.8, 4) is 5.69 Å². The van der Waals surface area contributed by atoms with Gasteiger partial charge in [0.25, 0.3) is 0 Å². The molecule has 0 fully saturated rings. The number of rotatable bonds is 3. The molecule has 1 heterocycles. The molecule has 0 atom stereocenters. The molecule has 0 aliphatic rings. The number of carbonyl (C=O) groups is 1. The van der Waals surface area contributed by atoms with Gasteiger partial charge in [0, 0.05) is 5.56 Å². The quantitative estimate of drug-likeness (QED) is 0.688. The van der Waals surface area contributed by atoms with Gasteiger partial charge in [0.15, 0.2) is 0 Å². The highest BCUT2D eigenvalue weighted by molar-refractivity contribution is 6.30. The third kappa shape index (κ3) is 2.58. The van der Waals surface area contributed by atoms with Gasteiger partial charge in [-0.15, -0.1) is 0 Å². The first-order valence-corrected chi connectivity index (χ1v) is 6.64. The number of halogens is 2. The van der Waals surface area contributed by atoms with Gasteiger partial charge in [-0.3, -0.25) is 4.79 Å². The van der Waals surface area contributed by atoms with Gasteiger partial charge in [-0.25, -0.2) is 9.07 Å². The summed E-state index contributed by atoms with van der Waals surface area (Å²) >= 11 is 5.63. The standard InChI is InChI=1S/C16H10ClFN2O/c17-13-7-6-11(10-14(13)18)16(21)15-8-9-19-20(15)12-4-2-1-3-5-12/h1-10H. The van der Waals surface area contributed by atoms with Crippen LogP contribution in [0.2, 0.25) is 5.02 Å². The summed E-state index contributed by atoms with van der Waals surface area (Å²) in [6.07, 6.45) is 1.53. The summed E-state index contributed by atoms with van der Waals surface area (Å²) in [4.78, 5) is 12.5. The van der Waals surface area contributed by atoms with Crippen LogP contribution in [0, 0.1) is 5.82 Å². The van der Waals surface area contributed by atoms with E-state index in [0.717, 1.165) is 11.8 Å². The van der Waals surface area contributed by atoms with E-state index in [-0.39, 0.29) is 16.4 Å². The number of carbonyl (C=O) groups excluding carboxylic acids is 1. The van der Waals surface area contributed by atoms with Gasteiger partial charge in [-0.2, -0.15) is 5.10 Å². The molecule has 3 aromatic rings. The maximum atomic E-state index is 13.5. The van der Waals surface area contributed by atoms with Crippen LogP contribution < -0.4 is 0 Å². The lowest BCUT2D eigenvalue weighted by Crippen LogP contribution is -2.10. The number of hydrogen-bond donors (Lipinski definition) is 0. The number of ketones is 1. The highest BCUT2D eigenvalue weighted by Gasteiger charge is 2.16. The Morgan fingerprint density at radius 3 is 2.57 bits per heavy atom. The molecule has 0 saturated heterocycles. The van der Waals surface area contributed by atoms with Gasteiger partial charge in [-0.1, -0.05) is 29.8 Å². The molecule has 0 radical (unpaired) electrons. The van der Waals surface area contributed by atoms with E-state index in [2.05, 4.69) is 5.10 Å². The molecule has 1 aromatic heterocycles. The lowest BCUT2D eigenvalue weighted by atomic mass is 10.1. The number of hydrogen-bond acceptors (Lipinski definition) is 2. The van der Waals surface area contributed by atoms with Gasteiger partial charge < -0.3 is 0 Å². The zero-order chi connectivity index (χ0) is 14.8. The van der Waals surface area contributed by atoms with Crippen molar-refractivity contribution in [3.63, 3.8) is 0 Å². The van der Waals surface area contributed by atoms with E-state index < -0.39 is 5.82 Å². The zero-order valence-electron chi connectivity index (χ0n) is 10.8. The van der Waals surface area contributed by atoms with Gasteiger partial charge in [0.2, 0.25) is 5.78 Å². The predicted octanol–water partition coefficient (Wildman–Crippen LogP) is 3.90. The number of para-hydroxylation sites is 1. The number of aromatic nitrogens is 2. The van der Waals surface area contributed by atoms with Gasteiger partial charge >= 0.3 is 0 Å². The molecule has 2 aromatic carbocycles. The minimum Gasteiger partial charge on any atom is -0.287 e. The van der Waals surface area contributed by atoms with E-state index in [0.29, 0.717) is 5.69 Å². The van der Waals surface area contributed by atoms with Crippen LogP contribution >= 0.6 is 11.6 Å². The van der Waals surface area contributed by atoms with Crippen molar-refractivity contribution in [1.82, 2.24) is 9.78 Å². The second kappa shape index (κ2) is 5.50. The Bertz CT molecular complexity index is 799. The van der Waals surface area contributed by atoms with Crippen LogP contribution in [-0.4, -0.2) is 15.6 Å². The Morgan fingerprint density at radius 2 is 1.86 bits per heavy atom. The van der Waals surface area contributed by atoms with Gasteiger partial charge in [-0.05, 0) is 36.4 Å². The summed E-state index contributed by atoms with van der Waals surface area (Å²) in [7, 11) is 0. The third-order valence-corrected chi connectivity index (χ3v) is 3.36. The van der Waals surface area contributed by atoms with Gasteiger partial charge in [0.05, 0.1) is 16.9 Å². The molecule has 5 heteroatoms. The van der Waals surface area contributed by atoms with Crippen LogP contribution in [0.3, 0.4) is 0 Å². The summed E-state index contributed by atoms with van der Waals surface area (Å²) in [5, 5.41) is 4.14. The van der Waals surface area contributed by atoms with Gasteiger partial charge in [0.1, 0.15) is 11.5 Å². The first kappa shape index (κ1) is 13.5. The zero-order valence-corrected chi connectivity index (χ0v) is 11.6. The van der Waals surface area contributed by atoms with Crippen LogP contribution in [-0.2, 0) is 0 Å². The highest BCUT2D eigenvalue weighted by atomic mass is 35.5. The van der Waals surface area contributed by atoms with E-state index in [1.54, 1.807) is 6.07 Å². The summed E-state index contributed by atoms with van der Waals surface area (Å²) in [6.45, 7) is 0. The molecule has 0 unspecified atom stereocenters. The molecule has 21 heavy (non-hydrogen) atoms. The lowest BCUT2D eigenvalue weighted by Gasteiger charge is -2.07. The molecule has 0 aliphatic carbocycles. The first-order chi connectivity index (χ1) is 10.2. The second-order valence-electron chi connectivity index (χ2n) is 4.42. The SMILES string of the molecule is O=C(c1ccc(Cl)c(F)c1)c1ccnn1-c1ccccc1. The van der Waals surface area contributed by atoms with Crippen molar-refractivity contribution in [2.45, 2.75) is 0 Å². The molecule has 104 valence electrons. The Hall–Kier alpha value is -2.46. The van der Waals surface area contributed by atoms with Crippen molar-refractivity contribution in [2.24, 2.45) is 0 Å². The van der Waals surface area contributed by atoms with Crippen LogP contribution in [0.1, 0.15) is 16.1 Å². The highest BCUT2D eigenvalue weighted by Crippen LogP contribution is 2.19. The van der Waals surface area contributed by atoms with Crippen molar-refractivity contribution in [2.75, 3.05) is 0 Å². The van der Waals surface area contributed by atoms with Crippen LogP contribution in [0.25, 0.3) is 5.69 Å². The predicted molar refractivity (Wildman–Crippen MR) is 78.4 cm³/mol. The minimum absolute atomic E-state index is 0.0110. The molecule has 0 saturated carbocycles. The van der Waals surface area contributed by atoms with Crippen molar-refractivity contribution >= 4 is 17.4 Å². The number of nitrogens with zero attached hydrogens (tertiary/aromatic N) is 2. The summed E-state index contributed by atoms with van der Waals surface area (Å²) in [6, 6.07) is 14.9. The second-order valence-corrected chi connectivity index (χ2v) is 4.83. The third-order valence-electron chi connectivity index (χ3n) is 3.06. The molecular formula is C16H10ClFN2O. The Balaban J connectivity index is 2.03. The molecule has 0 aliphatic heterocycles. The smallest absolute Gasteiger partial charge is 0.211 e. The molecular weight excluding hydrogens is 291 g/mol. The number of benzene rings is 2. The maximum Gasteiger partial charge on any atom is 0.211 e. The van der Waals surface area contributed by atoms with Crippen molar-refractivity contribution in [1.29, 1.82) is 0 Å². The summed E-state index contributed by atoms with van der Waals surface area (Å²) in [5.41, 5.74) is 1.36. The van der Waals surface area contributed by atoms with Crippen LogP contribution in [0.15, 0.2) is 60.8 Å². The lowest BCUT2D eigenvalue weighted by molar-refractivity contribution is 0.103. The fourth-order valence-corrected chi connectivity index (χ4v) is 2.15. The summed E-state index contributed by atoms with van der Waals surface area (Å²) in [5.74, 6) is -0.930. The minimum atomic E-state index is -0.617. The molecule has 0 bridgehead atoms. The van der Waals surface area contributed by atoms with E-state index in [1.165, 1.54) is 23.0 Å². The largest absolute Gasteiger partial charge is 0.287 e. The van der Waals surface area contributed by atoms with Crippen LogP contribution in [0.4, 0.5) is 4.39 Å². The van der Waals surface area contributed by atoms with E-state index in [9.17, 15) is 9.18 Å². The molecule has 3 nitrogen and oxygen atoms in total. The van der Waals surface area contributed by atoms with E-state index in [4.69, 9.17) is 11.6 Å². The van der Waals surface area contributed by atoms with Crippen molar-refractivity contribution in [3.05, 3.63) is 82.9 Å². The fourth-order valence-electron chi connectivity index (χ4n) is 2.04. The average molecular weight is 301 g/mol. The van der Waals surface area contributed by atoms with Crippen molar-refractivity contribution < 1.29 is 9.18 Å². The van der Waals surface area contributed by atoms with Crippen LogP contribution in [0.5, 0.6) is 0 Å².